The van der Waals surface area contributed by atoms with Crippen LogP contribution in [-0.4, -0.2) is 30.4 Å². The molecule has 0 fully saturated rings. The van der Waals surface area contributed by atoms with Gasteiger partial charge < -0.3 is 10.2 Å². The lowest BCUT2D eigenvalue weighted by Crippen LogP contribution is -2.33. The summed E-state index contributed by atoms with van der Waals surface area (Å²) in [5, 5.41) is 3.95. The van der Waals surface area contributed by atoms with Crippen LogP contribution in [0.15, 0.2) is 24.3 Å². The highest BCUT2D eigenvalue weighted by molar-refractivity contribution is 6.31. The Morgan fingerprint density at radius 1 is 1.32 bits per heavy atom. The van der Waals surface area contributed by atoms with E-state index in [1.807, 2.05) is 38.2 Å². The highest BCUT2D eigenvalue weighted by atomic mass is 35.5. The van der Waals surface area contributed by atoms with Gasteiger partial charge >= 0.3 is 0 Å². The van der Waals surface area contributed by atoms with Crippen LogP contribution >= 0.6 is 11.6 Å². The van der Waals surface area contributed by atoms with Gasteiger partial charge in [0.15, 0.2) is 0 Å². The number of nitrogens with zero attached hydrogens (tertiary/aromatic N) is 1. The molecule has 1 rings (SSSR count). The van der Waals surface area contributed by atoms with Crippen LogP contribution in [0.3, 0.4) is 0 Å². The van der Waals surface area contributed by atoms with E-state index in [0.29, 0.717) is 24.0 Å². The minimum absolute atomic E-state index is 0.0137. The fourth-order valence-electron chi connectivity index (χ4n) is 1.88. The molecule has 0 radical (unpaired) electrons. The number of hydrogen-bond donors (Lipinski definition) is 1. The van der Waals surface area contributed by atoms with E-state index in [9.17, 15) is 4.79 Å². The third-order valence-corrected chi connectivity index (χ3v) is 3.57. The first-order valence-corrected chi connectivity index (χ1v) is 7.04. The van der Waals surface area contributed by atoms with Crippen molar-refractivity contribution in [2.45, 2.75) is 39.3 Å². The molecule has 3 nitrogen and oxygen atoms in total. The molecule has 1 N–H and O–H groups in total. The summed E-state index contributed by atoms with van der Waals surface area (Å²) in [5.41, 5.74) is 0.983. The molecule has 106 valence electrons. The summed E-state index contributed by atoms with van der Waals surface area (Å²) >= 11 is 6.16. The van der Waals surface area contributed by atoms with Crippen LogP contribution in [0, 0.1) is 0 Å². The van der Waals surface area contributed by atoms with Gasteiger partial charge in [-0.3, -0.25) is 4.79 Å². The molecule has 0 saturated heterocycles. The molecule has 0 aliphatic rings. The number of halogens is 1. The van der Waals surface area contributed by atoms with Gasteiger partial charge in [0.25, 0.3) is 0 Å². The van der Waals surface area contributed by atoms with Crippen LogP contribution in [-0.2, 0) is 4.79 Å². The zero-order valence-corrected chi connectivity index (χ0v) is 12.9. The molecule has 0 heterocycles. The molecule has 0 saturated carbocycles. The maximum absolute atomic E-state index is 12.1. The second-order valence-electron chi connectivity index (χ2n) is 5.06. The van der Waals surface area contributed by atoms with Crippen molar-refractivity contribution < 1.29 is 4.79 Å². The molecule has 4 heteroatoms. The molecule has 1 atom stereocenters. The van der Waals surface area contributed by atoms with Gasteiger partial charge in [0.05, 0.1) is 6.04 Å². The smallest absolute Gasteiger partial charge is 0.224 e. The summed E-state index contributed by atoms with van der Waals surface area (Å²) in [6.45, 7) is 6.84. The molecule has 1 unspecified atom stereocenters. The Kier molecular flexibility index (Phi) is 6.32. The van der Waals surface area contributed by atoms with Crippen molar-refractivity contribution in [2.24, 2.45) is 0 Å². The molecule has 19 heavy (non-hydrogen) atoms. The van der Waals surface area contributed by atoms with E-state index in [1.54, 1.807) is 4.90 Å². The van der Waals surface area contributed by atoms with Gasteiger partial charge in [-0.05, 0) is 18.6 Å². The van der Waals surface area contributed by atoms with Crippen LogP contribution in [0.1, 0.15) is 38.8 Å². The quantitative estimate of drug-likeness (QED) is 0.869. The molecular weight excluding hydrogens is 260 g/mol. The summed E-state index contributed by atoms with van der Waals surface area (Å²) in [7, 11) is 1.83. The summed E-state index contributed by atoms with van der Waals surface area (Å²) in [6.07, 6.45) is 0.503. The number of carbonyl (C=O) groups is 1. The first-order chi connectivity index (χ1) is 8.93. The standard InChI is InChI=1S/C15H23ClN2O/c1-11(2)17-10-9-15(19)18(4)12(3)13-7-5-6-8-14(13)16/h5-8,11-12,17H,9-10H2,1-4H3. The van der Waals surface area contributed by atoms with E-state index in [1.165, 1.54) is 0 Å². The van der Waals surface area contributed by atoms with Crippen molar-refractivity contribution in [3.63, 3.8) is 0 Å². The largest absolute Gasteiger partial charge is 0.339 e. The molecule has 0 aromatic heterocycles. The van der Waals surface area contributed by atoms with Gasteiger partial charge in [-0.1, -0.05) is 43.6 Å². The van der Waals surface area contributed by atoms with E-state index in [0.717, 1.165) is 5.56 Å². The SMILES string of the molecule is CC(C)NCCC(=O)N(C)C(C)c1ccccc1Cl. The maximum atomic E-state index is 12.1. The molecule has 1 amide bonds. The van der Waals surface area contributed by atoms with Crippen LogP contribution < -0.4 is 5.32 Å². The number of rotatable bonds is 6. The van der Waals surface area contributed by atoms with Gasteiger partial charge in [0, 0.05) is 31.1 Å². The summed E-state index contributed by atoms with van der Waals surface area (Å²) in [4.78, 5) is 13.8. The zero-order chi connectivity index (χ0) is 14.4. The summed E-state index contributed by atoms with van der Waals surface area (Å²) < 4.78 is 0. The molecular formula is C15H23ClN2O. The van der Waals surface area contributed by atoms with Crippen LogP contribution in [0.4, 0.5) is 0 Å². The third kappa shape index (κ3) is 4.84. The first kappa shape index (κ1) is 16.0. The molecule has 0 aliphatic heterocycles. The van der Waals surface area contributed by atoms with Crippen molar-refractivity contribution in [3.05, 3.63) is 34.9 Å². The van der Waals surface area contributed by atoms with Crippen LogP contribution in [0.2, 0.25) is 5.02 Å². The molecule has 0 aliphatic carbocycles. The maximum Gasteiger partial charge on any atom is 0.224 e. The fraction of sp³-hybridized carbons (Fsp3) is 0.533. The zero-order valence-electron chi connectivity index (χ0n) is 12.1. The average molecular weight is 283 g/mol. The van der Waals surface area contributed by atoms with E-state index >= 15 is 0 Å². The summed E-state index contributed by atoms with van der Waals surface area (Å²) in [6, 6.07) is 8.04. The predicted octanol–water partition coefficient (Wildman–Crippen LogP) is 3.25. The van der Waals surface area contributed by atoms with E-state index in [2.05, 4.69) is 19.2 Å². The molecule has 1 aromatic carbocycles. The number of carbonyl (C=O) groups excluding carboxylic acids is 1. The number of amides is 1. The number of hydrogen-bond acceptors (Lipinski definition) is 2. The van der Waals surface area contributed by atoms with E-state index < -0.39 is 0 Å². The van der Waals surface area contributed by atoms with E-state index in [-0.39, 0.29) is 11.9 Å². The minimum Gasteiger partial charge on any atom is -0.339 e. The van der Waals surface area contributed by atoms with Gasteiger partial charge in [-0.2, -0.15) is 0 Å². The van der Waals surface area contributed by atoms with Crippen molar-refractivity contribution in [3.8, 4) is 0 Å². The topological polar surface area (TPSA) is 32.3 Å². The van der Waals surface area contributed by atoms with Crippen LogP contribution in [0.25, 0.3) is 0 Å². The van der Waals surface area contributed by atoms with Gasteiger partial charge in [-0.25, -0.2) is 0 Å². The Bertz CT molecular complexity index is 420. The number of benzene rings is 1. The normalized spacial score (nSPS) is 12.5. The third-order valence-electron chi connectivity index (χ3n) is 3.22. The molecule has 1 aromatic rings. The van der Waals surface area contributed by atoms with Crippen LogP contribution in [0.5, 0.6) is 0 Å². The Balaban J connectivity index is 2.59. The Hall–Kier alpha value is -1.06. The average Bonchev–Trinajstić information content (AvgIpc) is 2.37. The monoisotopic (exact) mass is 282 g/mol. The van der Waals surface area contributed by atoms with Gasteiger partial charge in [0.2, 0.25) is 5.91 Å². The van der Waals surface area contributed by atoms with Crippen molar-refractivity contribution in [2.75, 3.05) is 13.6 Å². The second-order valence-corrected chi connectivity index (χ2v) is 5.47. The first-order valence-electron chi connectivity index (χ1n) is 6.67. The van der Waals surface area contributed by atoms with Crippen molar-refractivity contribution in [1.82, 2.24) is 10.2 Å². The second kappa shape index (κ2) is 7.51. The van der Waals surface area contributed by atoms with Crippen molar-refractivity contribution in [1.29, 1.82) is 0 Å². The van der Waals surface area contributed by atoms with Gasteiger partial charge in [-0.15, -0.1) is 0 Å². The lowest BCUT2D eigenvalue weighted by molar-refractivity contribution is -0.131. The highest BCUT2D eigenvalue weighted by Gasteiger charge is 2.18. The Labute approximate surface area is 120 Å². The highest BCUT2D eigenvalue weighted by Crippen LogP contribution is 2.26. The van der Waals surface area contributed by atoms with Gasteiger partial charge in [0.1, 0.15) is 0 Å². The number of nitrogens with one attached hydrogen (secondary N) is 1. The minimum atomic E-state index is -0.0137. The molecule has 0 bridgehead atoms. The van der Waals surface area contributed by atoms with Crippen molar-refractivity contribution >= 4 is 17.5 Å². The summed E-state index contributed by atoms with van der Waals surface area (Å²) in [5.74, 6) is 0.126. The Morgan fingerprint density at radius 3 is 2.53 bits per heavy atom. The Morgan fingerprint density at radius 2 is 1.95 bits per heavy atom. The predicted molar refractivity (Wildman–Crippen MR) is 80.4 cm³/mol. The lowest BCUT2D eigenvalue weighted by Gasteiger charge is -2.26. The fourth-order valence-corrected chi connectivity index (χ4v) is 2.18. The molecule has 0 spiro atoms. The lowest BCUT2D eigenvalue weighted by atomic mass is 10.1. The van der Waals surface area contributed by atoms with E-state index in [4.69, 9.17) is 11.6 Å².